The van der Waals surface area contributed by atoms with Gasteiger partial charge in [-0.2, -0.15) is 0 Å². The van der Waals surface area contributed by atoms with E-state index >= 15 is 0 Å². The zero-order chi connectivity index (χ0) is 12.7. The van der Waals surface area contributed by atoms with Crippen molar-refractivity contribution >= 4 is 5.97 Å². The lowest BCUT2D eigenvalue weighted by Crippen LogP contribution is -2.18. The predicted molar refractivity (Wildman–Crippen MR) is 69.7 cm³/mol. The molecule has 0 heterocycles. The first-order valence-electron chi connectivity index (χ1n) is 6.33. The van der Waals surface area contributed by atoms with Gasteiger partial charge >= 0.3 is 5.97 Å². The third kappa shape index (κ3) is 5.03. The Labute approximate surface area is 104 Å². The van der Waals surface area contributed by atoms with E-state index in [4.69, 9.17) is 4.74 Å². The number of ether oxygens (including phenoxy) is 1. The number of benzene rings is 1. The van der Waals surface area contributed by atoms with Gasteiger partial charge in [-0.15, -0.1) is 0 Å². The Morgan fingerprint density at radius 1 is 1.24 bits per heavy atom. The zero-order valence-corrected chi connectivity index (χ0v) is 11.0. The Balaban J connectivity index is 2.58. The van der Waals surface area contributed by atoms with Crippen molar-refractivity contribution in [2.24, 2.45) is 11.8 Å². The summed E-state index contributed by atoms with van der Waals surface area (Å²) in [7, 11) is 0. The molecule has 0 saturated carbocycles. The van der Waals surface area contributed by atoms with Crippen molar-refractivity contribution < 1.29 is 9.53 Å². The molecule has 0 bridgehead atoms. The van der Waals surface area contributed by atoms with E-state index in [-0.39, 0.29) is 5.97 Å². The third-order valence-corrected chi connectivity index (χ3v) is 3.02. The second kappa shape index (κ2) is 7.10. The van der Waals surface area contributed by atoms with Crippen molar-refractivity contribution in [3.05, 3.63) is 35.9 Å². The first kappa shape index (κ1) is 13.8. The van der Waals surface area contributed by atoms with E-state index in [2.05, 4.69) is 26.0 Å². The van der Waals surface area contributed by atoms with Crippen molar-refractivity contribution in [3.63, 3.8) is 0 Å². The van der Waals surface area contributed by atoms with Gasteiger partial charge in [0.15, 0.2) is 0 Å². The SMILES string of the molecule is CCOC(=O)CC(Cc1ccccc1)C(C)C. The Morgan fingerprint density at radius 3 is 2.41 bits per heavy atom. The molecule has 0 radical (unpaired) electrons. The van der Waals surface area contributed by atoms with Crippen LogP contribution in [-0.2, 0) is 16.0 Å². The fourth-order valence-electron chi connectivity index (χ4n) is 1.89. The van der Waals surface area contributed by atoms with Gasteiger partial charge in [-0.3, -0.25) is 4.79 Å². The molecule has 0 saturated heterocycles. The molecule has 94 valence electrons. The minimum Gasteiger partial charge on any atom is -0.466 e. The van der Waals surface area contributed by atoms with Gasteiger partial charge in [0, 0.05) is 6.42 Å². The topological polar surface area (TPSA) is 26.3 Å². The van der Waals surface area contributed by atoms with Gasteiger partial charge < -0.3 is 4.74 Å². The predicted octanol–water partition coefficient (Wildman–Crippen LogP) is 3.45. The number of rotatable bonds is 6. The number of carbonyl (C=O) groups is 1. The lowest BCUT2D eigenvalue weighted by Gasteiger charge is -2.20. The molecule has 0 N–H and O–H groups in total. The highest BCUT2D eigenvalue weighted by atomic mass is 16.5. The number of esters is 1. The van der Waals surface area contributed by atoms with Crippen molar-refractivity contribution in [2.75, 3.05) is 6.61 Å². The van der Waals surface area contributed by atoms with Crippen LogP contribution < -0.4 is 0 Å². The van der Waals surface area contributed by atoms with Crippen LogP contribution in [0.5, 0.6) is 0 Å². The second-order valence-electron chi connectivity index (χ2n) is 4.70. The molecular weight excluding hydrogens is 212 g/mol. The average Bonchev–Trinajstić information content (AvgIpc) is 2.29. The maximum absolute atomic E-state index is 11.5. The summed E-state index contributed by atoms with van der Waals surface area (Å²) in [6.45, 7) is 6.63. The first-order chi connectivity index (χ1) is 8.13. The largest absolute Gasteiger partial charge is 0.466 e. The number of hydrogen-bond acceptors (Lipinski definition) is 2. The summed E-state index contributed by atoms with van der Waals surface area (Å²) in [5.41, 5.74) is 1.29. The van der Waals surface area contributed by atoms with Crippen LogP contribution in [0.4, 0.5) is 0 Å². The summed E-state index contributed by atoms with van der Waals surface area (Å²) < 4.78 is 5.02. The molecular formula is C15H22O2. The molecule has 0 aliphatic carbocycles. The summed E-state index contributed by atoms with van der Waals surface area (Å²) >= 11 is 0. The Hall–Kier alpha value is -1.31. The van der Waals surface area contributed by atoms with Crippen molar-refractivity contribution in [1.82, 2.24) is 0 Å². The summed E-state index contributed by atoms with van der Waals surface area (Å²) in [6.07, 6.45) is 1.46. The first-order valence-corrected chi connectivity index (χ1v) is 6.33. The molecule has 0 aliphatic heterocycles. The van der Waals surface area contributed by atoms with E-state index in [9.17, 15) is 4.79 Å². The molecule has 0 fully saturated rings. The summed E-state index contributed by atoms with van der Waals surface area (Å²) in [5, 5.41) is 0. The summed E-state index contributed by atoms with van der Waals surface area (Å²) in [5.74, 6) is 0.762. The summed E-state index contributed by atoms with van der Waals surface area (Å²) in [4.78, 5) is 11.5. The van der Waals surface area contributed by atoms with Crippen LogP contribution >= 0.6 is 0 Å². The van der Waals surface area contributed by atoms with Crippen LogP contribution in [0.3, 0.4) is 0 Å². The molecule has 0 aromatic heterocycles. The zero-order valence-electron chi connectivity index (χ0n) is 11.0. The molecule has 1 rings (SSSR count). The molecule has 1 aromatic rings. The number of hydrogen-bond donors (Lipinski definition) is 0. The van der Waals surface area contributed by atoms with Gasteiger partial charge in [0.2, 0.25) is 0 Å². The van der Waals surface area contributed by atoms with Gasteiger partial charge in [-0.25, -0.2) is 0 Å². The second-order valence-corrected chi connectivity index (χ2v) is 4.70. The summed E-state index contributed by atoms with van der Waals surface area (Å²) in [6, 6.07) is 10.3. The quantitative estimate of drug-likeness (QED) is 0.705. The van der Waals surface area contributed by atoms with Crippen molar-refractivity contribution in [1.29, 1.82) is 0 Å². The lowest BCUT2D eigenvalue weighted by molar-refractivity contribution is -0.144. The third-order valence-electron chi connectivity index (χ3n) is 3.02. The highest BCUT2D eigenvalue weighted by Gasteiger charge is 2.18. The van der Waals surface area contributed by atoms with Crippen LogP contribution in [0.1, 0.15) is 32.8 Å². The fourth-order valence-corrected chi connectivity index (χ4v) is 1.89. The van der Waals surface area contributed by atoms with Crippen LogP contribution in [0.2, 0.25) is 0 Å². The molecule has 0 amide bonds. The standard InChI is InChI=1S/C15H22O2/c1-4-17-15(16)11-14(12(2)3)10-13-8-6-5-7-9-13/h5-9,12,14H,4,10-11H2,1-3H3. The van der Waals surface area contributed by atoms with Crippen molar-refractivity contribution in [3.8, 4) is 0 Å². The number of carbonyl (C=O) groups excluding carboxylic acids is 1. The van der Waals surface area contributed by atoms with Gasteiger partial charge in [0.25, 0.3) is 0 Å². The van der Waals surface area contributed by atoms with E-state index in [0.717, 1.165) is 6.42 Å². The van der Waals surface area contributed by atoms with Gasteiger partial charge in [-0.05, 0) is 30.7 Å². The van der Waals surface area contributed by atoms with E-state index in [1.54, 1.807) is 0 Å². The maximum Gasteiger partial charge on any atom is 0.306 e. The molecule has 1 aromatic carbocycles. The van der Waals surface area contributed by atoms with Crippen LogP contribution in [0.15, 0.2) is 30.3 Å². The molecule has 1 atom stereocenters. The lowest BCUT2D eigenvalue weighted by atomic mass is 9.86. The van der Waals surface area contributed by atoms with E-state index < -0.39 is 0 Å². The van der Waals surface area contributed by atoms with Crippen LogP contribution in [0.25, 0.3) is 0 Å². The Kier molecular flexibility index (Phi) is 5.75. The highest BCUT2D eigenvalue weighted by molar-refractivity contribution is 5.69. The Morgan fingerprint density at radius 2 is 1.88 bits per heavy atom. The molecule has 1 unspecified atom stereocenters. The average molecular weight is 234 g/mol. The fraction of sp³-hybridized carbons (Fsp3) is 0.533. The van der Waals surface area contributed by atoms with Crippen LogP contribution in [-0.4, -0.2) is 12.6 Å². The molecule has 0 spiro atoms. The van der Waals surface area contributed by atoms with Crippen LogP contribution in [0, 0.1) is 11.8 Å². The van der Waals surface area contributed by atoms with E-state index in [0.29, 0.717) is 24.9 Å². The molecule has 2 heteroatoms. The van der Waals surface area contributed by atoms with E-state index in [1.165, 1.54) is 5.56 Å². The normalized spacial score (nSPS) is 12.5. The molecule has 0 aliphatic rings. The monoisotopic (exact) mass is 234 g/mol. The minimum atomic E-state index is -0.0814. The smallest absolute Gasteiger partial charge is 0.306 e. The molecule has 2 nitrogen and oxygen atoms in total. The highest BCUT2D eigenvalue weighted by Crippen LogP contribution is 2.21. The molecule has 17 heavy (non-hydrogen) atoms. The minimum absolute atomic E-state index is 0.0814. The van der Waals surface area contributed by atoms with E-state index in [1.807, 2.05) is 25.1 Å². The van der Waals surface area contributed by atoms with Crippen molar-refractivity contribution in [2.45, 2.75) is 33.6 Å². The Bertz CT molecular complexity index is 330. The van der Waals surface area contributed by atoms with Gasteiger partial charge in [0.1, 0.15) is 0 Å². The van der Waals surface area contributed by atoms with Gasteiger partial charge in [0.05, 0.1) is 6.61 Å². The maximum atomic E-state index is 11.5. The van der Waals surface area contributed by atoms with Gasteiger partial charge in [-0.1, -0.05) is 44.2 Å².